The highest BCUT2D eigenvalue weighted by molar-refractivity contribution is 6.24. The molecule has 0 aromatic heterocycles. The van der Waals surface area contributed by atoms with Crippen LogP contribution >= 0.6 is 0 Å². The second kappa shape index (κ2) is 8.62. The van der Waals surface area contributed by atoms with Gasteiger partial charge in [-0.2, -0.15) is 0 Å². The first-order chi connectivity index (χ1) is 19.0. The summed E-state index contributed by atoms with van der Waals surface area (Å²) in [5, 5.41) is 45.8. The average Bonchev–Trinajstić information content (AvgIpc) is 2.93. The lowest BCUT2D eigenvalue weighted by molar-refractivity contribution is -0.147. The molecule has 0 spiro atoms. The predicted octanol–water partition coefficient (Wildman–Crippen LogP) is 3.46. The summed E-state index contributed by atoms with van der Waals surface area (Å²) in [6.45, 7) is 1.51. The van der Waals surface area contributed by atoms with Crippen molar-refractivity contribution in [3.05, 3.63) is 87.9 Å². The first-order valence-corrected chi connectivity index (χ1v) is 12.8. The Labute approximate surface area is 227 Å². The van der Waals surface area contributed by atoms with Gasteiger partial charge >= 0.3 is 0 Å². The molecule has 40 heavy (non-hydrogen) atoms. The van der Waals surface area contributed by atoms with Crippen LogP contribution in [-0.2, 0) is 16.0 Å². The predicted molar refractivity (Wildman–Crippen MR) is 144 cm³/mol. The summed E-state index contributed by atoms with van der Waals surface area (Å²) >= 11 is 0. The molecule has 0 unspecified atom stereocenters. The number of carbonyl (C=O) groups excluding carboxylic acids is 4. The molecular weight excluding hydrogens is 514 g/mol. The Morgan fingerprint density at radius 2 is 1.68 bits per heavy atom. The zero-order valence-corrected chi connectivity index (χ0v) is 21.3. The quantitative estimate of drug-likeness (QED) is 0.248. The van der Waals surface area contributed by atoms with E-state index in [1.54, 1.807) is 18.2 Å². The van der Waals surface area contributed by atoms with Crippen molar-refractivity contribution >= 4 is 34.5 Å². The van der Waals surface area contributed by atoms with Gasteiger partial charge in [0, 0.05) is 23.0 Å². The normalized spacial score (nSPS) is 25.9. The lowest BCUT2D eigenvalue weighted by Gasteiger charge is -2.48. The van der Waals surface area contributed by atoms with E-state index in [2.05, 4.69) is 0 Å². The number of phenols is 1. The minimum atomic E-state index is -2.64. The van der Waals surface area contributed by atoms with E-state index in [1.807, 2.05) is 24.3 Å². The number of aliphatic hydroxyl groups excluding tert-OH is 2. The van der Waals surface area contributed by atoms with Crippen molar-refractivity contribution < 1.29 is 39.6 Å². The van der Waals surface area contributed by atoms with E-state index < -0.39 is 57.9 Å². The summed E-state index contributed by atoms with van der Waals surface area (Å²) in [5.41, 5.74) is 3.99. The number of phenolic OH excluding ortho intramolecular Hbond substituents is 1. The fourth-order valence-electron chi connectivity index (χ4n) is 6.85. The number of carbonyl (C=O) groups is 4. The van der Waals surface area contributed by atoms with Crippen molar-refractivity contribution in [2.75, 3.05) is 0 Å². The standard InChI is InChI=1S/C31H25NO8/c1-13-21-11-15-10-20-19(18-7-6-14(12-33)16-4-2-3-5-17(16)18)8-9-22(34)24(20)27(36)23(15)28(37)31(21,40)29(38)25(26(13)35)30(32)39/h2-9,12-13,15,21,34-35,37,40H,10-11H2,1H3,(H2,32,39)/t13-,15-,21-,31-/m0/s1. The number of fused-ring (bicyclic) bond motifs is 4. The van der Waals surface area contributed by atoms with Crippen molar-refractivity contribution in [1.29, 1.82) is 0 Å². The Hall–Kier alpha value is -4.76. The topological polar surface area (TPSA) is 175 Å². The average molecular weight is 540 g/mol. The third-order valence-corrected chi connectivity index (χ3v) is 8.80. The Bertz CT molecular complexity index is 1770. The second-order valence-electron chi connectivity index (χ2n) is 10.7. The first kappa shape index (κ1) is 25.5. The van der Waals surface area contributed by atoms with Gasteiger partial charge in [-0.05, 0) is 52.3 Å². The van der Waals surface area contributed by atoms with Crippen LogP contribution in [0.15, 0.2) is 71.2 Å². The largest absolute Gasteiger partial charge is 0.511 e. The molecule has 0 aliphatic heterocycles. The van der Waals surface area contributed by atoms with Crippen LogP contribution in [0.1, 0.15) is 39.6 Å². The molecule has 0 heterocycles. The number of nitrogens with two attached hydrogens (primary N) is 1. The van der Waals surface area contributed by atoms with Crippen molar-refractivity contribution in [1.82, 2.24) is 0 Å². The second-order valence-corrected chi connectivity index (χ2v) is 10.7. The molecule has 0 saturated heterocycles. The molecule has 9 heteroatoms. The number of primary amides is 1. The summed E-state index contributed by atoms with van der Waals surface area (Å²) in [5.74, 6) is -7.67. The summed E-state index contributed by atoms with van der Waals surface area (Å²) < 4.78 is 0. The summed E-state index contributed by atoms with van der Waals surface area (Å²) in [6, 6.07) is 13.9. The summed E-state index contributed by atoms with van der Waals surface area (Å²) in [7, 11) is 0. The highest BCUT2D eigenvalue weighted by Crippen LogP contribution is 2.54. The maximum atomic E-state index is 13.9. The lowest BCUT2D eigenvalue weighted by atomic mass is 9.57. The Kier molecular flexibility index (Phi) is 5.50. The minimum Gasteiger partial charge on any atom is -0.511 e. The highest BCUT2D eigenvalue weighted by Gasteiger charge is 2.61. The molecule has 202 valence electrons. The first-order valence-electron chi connectivity index (χ1n) is 12.8. The third-order valence-electron chi connectivity index (χ3n) is 8.80. The molecular formula is C31H25NO8. The molecule has 0 radical (unpaired) electrons. The van der Waals surface area contributed by atoms with Gasteiger partial charge in [-0.1, -0.05) is 49.4 Å². The zero-order valence-electron chi connectivity index (χ0n) is 21.3. The SMILES string of the molecule is C[C@@H]1C(O)=C(C(N)=O)C(=O)[C@@]2(O)C(O)=C3C(=O)c4c(O)ccc(-c5ccc(C=O)c6ccccc56)c4C[C@H]3C[C@@H]12. The van der Waals surface area contributed by atoms with Gasteiger partial charge in [0.25, 0.3) is 5.91 Å². The Morgan fingerprint density at radius 1 is 1.00 bits per heavy atom. The number of aldehydes is 1. The highest BCUT2D eigenvalue weighted by atomic mass is 16.3. The number of ketones is 2. The number of Topliss-reactive ketones (excluding diaryl/α,β-unsaturated/α-hetero) is 2. The van der Waals surface area contributed by atoms with Gasteiger partial charge in [0.2, 0.25) is 5.78 Å². The molecule has 3 aromatic carbocycles. The van der Waals surface area contributed by atoms with Crippen LogP contribution in [0.5, 0.6) is 5.75 Å². The summed E-state index contributed by atoms with van der Waals surface area (Å²) in [6.07, 6.45) is 0.976. The number of benzene rings is 3. The van der Waals surface area contributed by atoms with E-state index in [0.29, 0.717) is 16.7 Å². The van der Waals surface area contributed by atoms with Gasteiger partial charge in [0.1, 0.15) is 22.8 Å². The van der Waals surface area contributed by atoms with Crippen molar-refractivity contribution in [3.8, 4) is 16.9 Å². The molecule has 6 N–H and O–H groups in total. The van der Waals surface area contributed by atoms with E-state index in [0.717, 1.165) is 22.6 Å². The number of rotatable bonds is 3. The van der Waals surface area contributed by atoms with E-state index in [1.165, 1.54) is 13.0 Å². The van der Waals surface area contributed by atoms with E-state index in [4.69, 9.17) is 5.73 Å². The van der Waals surface area contributed by atoms with Crippen LogP contribution in [0.25, 0.3) is 21.9 Å². The van der Waals surface area contributed by atoms with Gasteiger partial charge in [-0.3, -0.25) is 19.2 Å². The fourth-order valence-corrected chi connectivity index (χ4v) is 6.85. The molecule has 4 atom stereocenters. The van der Waals surface area contributed by atoms with Crippen molar-refractivity contribution in [3.63, 3.8) is 0 Å². The van der Waals surface area contributed by atoms with E-state index in [9.17, 15) is 39.6 Å². The molecule has 0 bridgehead atoms. The van der Waals surface area contributed by atoms with Gasteiger partial charge in [0.15, 0.2) is 17.7 Å². The van der Waals surface area contributed by atoms with Crippen LogP contribution in [0.3, 0.4) is 0 Å². The maximum absolute atomic E-state index is 13.9. The van der Waals surface area contributed by atoms with E-state index in [-0.39, 0.29) is 29.7 Å². The van der Waals surface area contributed by atoms with Crippen LogP contribution < -0.4 is 5.73 Å². The zero-order chi connectivity index (χ0) is 28.7. The Morgan fingerprint density at radius 3 is 2.35 bits per heavy atom. The van der Waals surface area contributed by atoms with E-state index >= 15 is 0 Å². The van der Waals surface area contributed by atoms with Gasteiger partial charge in [-0.25, -0.2) is 0 Å². The molecule has 3 aliphatic rings. The maximum Gasteiger partial charge on any atom is 0.255 e. The fraction of sp³-hybridized carbons (Fsp3) is 0.226. The number of hydrogen-bond donors (Lipinski definition) is 5. The Balaban J connectivity index is 1.56. The third kappa shape index (κ3) is 3.18. The monoisotopic (exact) mass is 539 g/mol. The van der Waals surface area contributed by atoms with Crippen LogP contribution in [0.2, 0.25) is 0 Å². The molecule has 9 nitrogen and oxygen atoms in total. The number of hydrogen-bond acceptors (Lipinski definition) is 8. The van der Waals surface area contributed by atoms with Crippen LogP contribution in [-0.4, -0.2) is 49.8 Å². The molecule has 3 aliphatic carbocycles. The van der Waals surface area contributed by atoms with Gasteiger partial charge in [-0.15, -0.1) is 0 Å². The van der Waals surface area contributed by atoms with Crippen molar-refractivity contribution in [2.45, 2.75) is 25.4 Å². The molecule has 0 fully saturated rings. The van der Waals surface area contributed by atoms with Crippen LogP contribution in [0, 0.1) is 17.8 Å². The smallest absolute Gasteiger partial charge is 0.255 e. The summed E-state index contributed by atoms with van der Waals surface area (Å²) in [4.78, 5) is 50.8. The molecule has 0 saturated carbocycles. The number of allylic oxidation sites excluding steroid dienone is 2. The molecule has 1 amide bonds. The lowest BCUT2D eigenvalue weighted by Crippen LogP contribution is -2.59. The van der Waals surface area contributed by atoms with Crippen molar-refractivity contribution in [2.24, 2.45) is 23.5 Å². The molecule has 6 rings (SSSR count). The number of aliphatic hydroxyl groups is 3. The number of aromatic hydroxyl groups is 1. The number of amides is 1. The van der Waals surface area contributed by atoms with Gasteiger partial charge < -0.3 is 26.2 Å². The van der Waals surface area contributed by atoms with Crippen LogP contribution in [0.4, 0.5) is 0 Å². The molecule has 3 aromatic rings. The van der Waals surface area contributed by atoms with Gasteiger partial charge in [0.05, 0.1) is 5.56 Å². The minimum absolute atomic E-state index is 0.0318.